The number of nitrogens with one attached hydrogen (secondary N) is 1. The Kier molecular flexibility index (Phi) is 4.27. The van der Waals surface area contributed by atoms with E-state index in [9.17, 15) is 24.2 Å². The fraction of sp³-hybridized carbons (Fsp3) is 0.462. The van der Waals surface area contributed by atoms with Crippen LogP contribution in [0.1, 0.15) is 26.2 Å². The van der Waals surface area contributed by atoms with E-state index in [2.05, 4.69) is 21.2 Å². The Morgan fingerprint density at radius 1 is 1.30 bits per heavy atom. The fourth-order valence-electron chi connectivity index (χ4n) is 2.25. The molecule has 0 aromatic heterocycles. The number of hydrogen-bond acceptors (Lipinski definition) is 2. The molecule has 1 aliphatic heterocycles. The molecule has 1 aromatic carbocycles. The quantitative estimate of drug-likeness (QED) is 0.602. The third kappa shape index (κ3) is 4.57. The number of benzene rings is 1. The molecule has 0 saturated carbocycles. The number of ether oxygens (including phenoxy) is 1. The minimum absolute atomic E-state index is 0.0234. The Labute approximate surface area is 138 Å². The second-order valence-electron chi connectivity index (χ2n) is 5.33. The number of amides is 1. The highest BCUT2D eigenvalue weighted by Gasteiger charge is 2.65. The fourth-order valence-corrected chi connectivity index (χ4v) is 3.54. The van der Waals surface area contributed by atoms with E-state index < -0.39 is 27.1 Å². The Bertz CT molecular complexity index is 637. The van der Waals surface area contributed by atoms with Gasteiger partial charge in [0.05, 0.1) is 11.8 Å². The maximum atomic E-state index is 12.7. The van der Waals surface area contributed by atoms with Crippen LogP contribution in [0.2, 0.25) is 0 Å². The van der Waals surface area contributed by atoms with Gasteiger partial charge in [-0.3, -0.25) is 4.79 Å². The van der Waals surface area contributed by atoms with E-state index in [1.165, 1.54) is 0 Å². The Balaban J connectivity index is 2.15. The van der Waals surface area contributed by atoms with Crippen molar-refractivity contribution in [2.75, 3.05) is 5.32 Å². The predicted octanol–water partition coefficient (Wildman–Crippen LogP) is 6.00. The zero-order valence-electron chi connectivity index (χ0n) is 12.0. The summed E-state index contributed by atoms with van der Waals surface area (Å²) in [6.07, 6.45) is 1.27. The number of anilines is 1. The second-order valence-corrected chi connectivity index (χ2v) is 8.60. The molecule has 1 N–H and O–H groups in total. The molecule has 1 aliphatic rings. The lowest BCUT2D eigenvalue weighted by molar-refractivity contribution is -0.126. The van der Waals surface area contributed by atoms with Gasteiger partial charge in [-0.15, -0.1) is 0 Å². The number of rotatable bonds is 4. The maximum Gasteiger partial charge on any atom is 0.310 e. The molecular formula is C13H15BrF5NO2S. The third-order valence-electron chi connectivity index (χ3n) is 3.50. The van der Waals surface area contributed by atoms with E-state index >= 15 is 0 Å². The van der Waals surface area contributed by atoms with Crippen molar-refractivity contribution < 1.29 is 29.0 Å². The highest BCUT2D eigenvalue weighted by molar-refractivity contribution is 9.10. The van der Waals surface area contributed by atoms with Crippen molar-refractivity contribution in [2.45, 2.75) is 43.3 Å². The highest BCUT2D eigenvalue weighted by atomic mass is 79.9. The van der Waals surface area contributed by atoms with Crippen LogP contribution in [-0.2, 0) is 9.53 Å². The molecule has 1 amide bonds. The summed E-state index contributed by atoms with van der Waals surface area (Å²) in [6.45, 7) is 1.92. The van der Waals surface area contributed by atoms with Gasteiger partial charge in [-0.25, -0.2) is 0 Å². The van der Waals surface area contributed by atoms with Crippen molar-refractivity contribution in [1.29, 1.82) is 0 Å². The van der Waals surface area contributed by atoms with Crippen molar-refractivity contribution >= 4 is 37.7 Å². The van der Waals surface area contributed by atoms with Crippen molar-refractivity contribution in [3.8, 4) is 0 Å². The average Bonchev–Trinajstić information content (AvgIpc) is 2.87. The van der Waals surface area contributed by atoms with Gasteiger partial charge in [0, 0.05) is 4.47 Å². The summed E-state index contributed by atoms with van der Waals surface area (Å²) < 4.78 is 68.8. The smallest absolute Gasteiger partial charge is 0.310 e. The summed E-state index contributed by atoms with van der Waals surface area (Å²) in [4.78, 5) is 10.0. The van der Waals surface area contributed by atoms with Crippen LogP contribution in [0.4, 0.5) is 25.1 Å². The van der Waals surface area contributed by atoms with Crippen LogP contribution in [0.3, 0.4) is 0 Å². The third-order valence-corrected chi connectivity index (χ3v) is 5.30. The average molecular weight is 424 g/mol. The zero-order chi connectivity index (χ0) is 17.5. The molecule has 3 nitrogen and oxygen atoms in total. The van der Waals surface area contributed by atoms with E-state index in [0.29, 0.717) is 6.42 Å². The second kappa shape index (κ2) is 5.32. The normalized spacial score (nSPS) is 24.8. The van der Waals surface area contributed by atoms with Crippen molar-refractivity contribution in [1.82, 2.24) is 0 Å². The van der Waals surface area contributed by atoms with Gasteiger partial charge < -0.3 is 10.1 Å². The number of halogens is 6. The first-order chi connectivity index (χ1) is 10.3. The Morgan fingerprint density at radius 2 is 1.96 bits per heavy atom. The zero-order valence-corrected chi connectivity index (χ0v) is 14.4. The van der Waals surface area contributed by atoms with Crippen molar-refractivity contribution in [3.63, 3.8) is 0 Å². The van der Waals surface area contributed by atoms with Crippen LogP contribution >= 0.6 is 26.2 Å². The summed E-state index contributed by atoms with van der Waals surface area (Å²) in [5.41, 5.74) is -0.0239. The molecule has 2 atom stereocenters. The van der Waals surface area contributed by atoms with Gasteiger partial charge in [0.25, 0.3) is 5.91 Å². The molecule has 23 heavy (non-hydrogen) atoms. The molecule has 1 aromatic rings. The van der Waals surface area contributed by atoms with E-state index in [4.69, 9.17) is 4.74 Å². The lowest BCUT2D eigenvalue weighted by Crippen LogP contribution is -2.28. The molecule has 0 bridgehead atoms. The molecule has 0 aliphatic carbocycles. The first kappa shape index (κ1) is 18.5. The predicted molar refractivity (Wildman–Crippen MR) is 82.4 cm³/mol. The molecule has 2 rings (SSSR count). The highest BCUT2D eigenvalue weighted by Crippen LogP contribution is 3.02. The minimum atomic E-state index is -9.74. The van der Waals surface area contributed by atoms with Gasteiger partial charge >= 0.3 is 10.2 Å². The molecule has 10 heteroatoms. The van der Waals surface area contributed by atoms with Crippen LogP contribution < -0.4 is 5.32 Å². The topological polar surface area (TPSA) is 38.3 Å². The first-order valence-electron chi connectivity index (χ1n) is 6.80. The lowest BCUT2D eigenvalue weighted by Gasteiger charge is -2.40. The van der Waals surface area contributed by atoms with Gasteiger partial charge in [0.15, 0.2) is 0 Å². The molecule has 0 unspecified atom stereocenters. The molecule has 0 radical (unpaired) electrons. The molecule has 1 fully saturated rings. The molecule has 1 heterocycles. The van der Waals surface area contributed by atoms with Crippen molar-refractivity contribution in [3.05, 3.63) is 22.7 Å². The minimum Gasteiger partial charge on any atom is -0.365 e. The Hall–Kier alpha value is -0.870. The van der Waals surface area contributed by atoms with Gasteiger partial charge in [-0.1, -0.05) is 26.4 Å². The van der Waals surface area contributed by atoms with E-state index in [1.807, 2.05) is 6.92 Å². The van der Waals surface area contributed by atoms with E-state index in [-0.39, 0.29) is 28.4 Å². The molecule has 132 valence electrons. The molecule has 1 saturated heterocycles. The first-order valence-corrected chi connectivity index (χ1v) is 9.54. The van der Waals surface area contributed by atoms with Gasteiger partial charge in [0.1, 0.15) is 11.0 Å². The standard InChI is InChI=1S/C13H15BrF5NO2S/c1-2-8-3-6-12(22-8)13(21)20-11-5-4-9(7-10(11)14)23(15,16,17,18)19/h4-5,7-8,12H,2-3,6H2,1H3,(H,20,21)/t8-,12+/m0/s1. The largest absolute Gasteiger partial charge is 0.365 e. The SMILES string of the molecule is CC[C@H]1CC[C@H](C(=O)Nc2ccc(S(F)(F)(F)(F)F)cc2Br)O1. The summed E-state index contributed by atoms with van der Waals surface area (Å²) in [6, 6.07) is 1.31. The van der Waals surface area contributed by atoms with Gasteiger partial charge in [-0.2, -0.15) is 0 Å². The van der Waals surface area contributed by atoms with E-state index in [1.54, 1.807) is 0 Å². The van der Waals surface area contributed by atoms with Crippen LogP contribution in [-0.4, -0.2) is 18.1 Å². The van der Waals surface area contributed by atoms with Gasteiger partial charge in [0.2, 0.25) is 0 Å². The van der Waals surface area contributed by atoms with Crippen LogP contribution in [0, 0.1) is 0 Å². The maximum absolute atomic E-state index is 12.7. The monoisotopic (exact) mass is 423 g/mol. The summed E-state index contributed by atoms with van der Waals surface area (Å²) in [5, 5.41) is 2.39. The summed E-state index contributed by atoms with van der Waals surface area (Å²) >= 11 is 2.78. The lowest BCUT2D eigenvalue weighted by atomic mass is 10.1. The Morgan fingerprint density at radius 3 is 2.43 bits per heavy atom. The van der Waals surface area contributed by atoms with E-state index in [0.717, 1.165) is 18.9 Å². The molecule has 0 spiro atoms. The number of hydrogen-bond donors (Lipinski definition) is 1. The van der Waals surface area contributed by atoms with Crippen LogP contribution in [0.15, 0.2) is 27.6 Å². The van der Waals surface area contributed by atoms with Crippen molar-refractivity contribution in [2.24, 2.45) is 0 Å². The van der Waals surface area contributed by atoms with Gasteiger partial charge in [-0.05, 0) is 53.4 Å². The van der Waals surface area contributed by atoms with Crippen LogP contribution in [0.5, 0.6) is 0 Å². The summed E-state index contributed by atoms with van der Waals surface area (Å²) in [5.74, 6) is -0.512. The van der Waals surface area contributed by atoms with Crippen LogP contribution in [0.25, 0.3) is 0 Å². The molecular weight excluding hydrogens is 409 g/mol. The number of carbonyl (C=O) groups excluding carboxylic acids is 1. The number of carbonyl (C=O) groups is 1. The summed E-state index contributed by atoms with van der Waals surface area (Å²) in [7, 11) is -9.74.